The van der Waals surface area contributed by atoms with Crippen LogP contribution in [0, 0.1) is 0 Å². The second-order valence-corrected chi connectivity index (χ2v) is 13.7. The summed E-state index contributed by atoms with van der Waals surface area (Å²) in [4.78, 5) is 0. The monoisotopic (exact) mass is 465 g/mol. The fourth-order valence-electron chi connectivity index (χ4n) is 6.58. The van der Waals surface area contributed by atoms with Crippen LogP contribution in [-0.4, -0.2) is 0 Å². The Bertz CT molecular complexity index is 1270. The zero-order valence-electron chi connectivity index (χ0n) is 23.1. The van der Waals surface area contributed by atoms with Crippen molar-refractivity contribution in [3.8, 4) is 11.1 Å². The van der Waals surface area contributed by atoms with E-state index >= 15 is 0 Å². The molecule has 1 heteroatoms. The molecule has 1 N–H and O–H groups in total. The van der Waals surface area contributed by atoms with Crippen LogP contribution in [0.25, 0.3) is 11.1 Å². The van der Waals surface area contributed by atoms with Crippen LogP contribution in [0.4, 0.5) is 11.4 Å². The van der Waals surface area contributed by atoms with Crippen molar-refractivity contribution in [2.24, 2.45) is 0 Å². The van der Waals surface area contributed by atoms with Gasteiger partial charge in [-0.15, -0.1) is 0 Å². The summed E-state index contributed by atoms with van der Waals surface area (Å²) in [5.41, 5.74) is 11.9. The van der Waals surface area contributed by atoms with Gasteiger partial charge in [-0.05, 0) is 87.3 Å². The van der Waals surface area contributed by atoms with Crippen LogP contribution in [0.5, 0.6) is 0 Å². The Balaban J connectivity index is 1.61. The maximum Gasteiger partial charge on any atom is 0.0463 e. The first-order chi connectivity index (χ1) is 16.3. The first-order valence-corrected chi connectivity index (χ1v) is 13.5. The molecular weight excluding hydrogens is 422 g/mol. The van der Waals surface area contributed by atoms with E-state index in [0.29, 0.717) is 0 Å². The smallest absolute Gasteiger partial charge is 0.0463 e. The van der Waals surface area contributed by atoms with Crippen molar-refractivity contribution >= 4 is 11.4 Å². The Morgan fingerprint density at radius 2 is 1.09 bits per heavy atom. The first-order valence-electron chi connectivity index (χ1n) is 13.5. The third-order valence-corrected chi connectivity index (χ3v) is 9.21. The minimum atomic E-state index is 0.158. The molecule has 0 saturated carbocycles. The van der Waals surface area contributed by atoms with Crippen LogP contribution in [0.3, 0.4) is 0 Å². The SMILES string of the molecule is CC1(C)CCC(C)(C)c2cc(-c3ccccc3Nc3cccc4c3C(C)(C)CCC4(C)C)ccc21. The summed E-state index contributed by atoms with van der Waals surface area (Å²) < 4.78 is 0. The molecule has 0 atom stereocenters. The van der Waals surface area contributed by atoms with E-state index in [9.17, 15) is 0 Å². The zero-order chi connectivity index (χ0) is 25.2. The Morgan fingerprint density at radius 1 is 0.514 bits per heavy atom. The molecule has 0 radical (unpaired) electrons. The number of rotatable bonds is 3. The van der Waals surface area contributed by atoms with E-state index < -0.39 is 0 Å². The highest BCUT2D eigenvalue weighted by molar-refractivity contribution is 5.83. The van der Waals surface area contributed by atoms with Gasteiger partial charge in [-0.3, -0.25) is 0 Å². The molecule has 1 nitrogen and oxygen atoms in total. The largest absolute Gasteiger partial charge is 0.355 e. The van der Waals surface area contributed by atoms with Gasteiger partial charge in [0.25, 0.3) is 0 Å². The van der Waals surface area contributed by atoms with Crippen molar-refractivity contribution in [3.05, 3.63) is 82.9 Å². The highest BCUT2D eigenvalue weighted by Gasteiger charge is 2.39. The van der Waals surface area contributed by atoms with Crippen LogP contribution in [0.1, 0.15) is 103 Å². The molecule has 2 aliphatic rings. The predicted molar refractivity (Wildman–Crippen MR) is 152 cm³/mol. The van der Waals surface area contributed by atoms with Crippen molar-refractivity contribution in [1.82, 2.24) is 0 Å². The molecule has 35 heavy (non-hydrogen) atoms. The Labute approximate surface area is 213 Å². The third kappa shape index (κ3) is 4.11. The molecule has 5 rings (SSSR count). The maximum absolute atomic E-state index is 3.91. The van der Waals surface area contributed by atoms with E-state index in [-0.39, 0.29) is 21.7 Å². The fourth-order valence-corrected chi connectivity index (χ4v) is 6.58. The Kier molecular flexibility index (Phi) is 5.51. The molecule has 0 aliphatic heterocycles. The molecule has 3 aromatic carbocycles. The van der Waals surface area contributed by atoms with Crippen LogP contribution < -0.4 is 5.32 Å². The molecule has 0 fully saturated rings. The third-order valence-electron chi connectivity index (χ3n) is 9.21. The maximum atomic E-state index is 3.91. The molecule has 0 bridgehead atoms. The summed E-state index contributed by atoms with van der Waals surface area (Å²) in [5.74, 6) is 0. The summed E-state index contributed by atoms with van der Waals surface area (Å²) in [7, 11) is 0. The number of fused-ring (bicyclic) bond motifs is 2. The van der Waals surface area contributed by atoms with Gasteiger partial charge in [0, 0.05) is 16.9 Å². The van der Waals surface area contributed by atoms with E-state index in [0.717, 1.165) is 0 Å². The lowest BCUT2D eigenvalue weighted by Gasteiger charge is -2.43. The summed E-state index contributed by atoms with van der Waals surface area (Å²) in [6.45, 7) is 19.2. The van der Waals surface area contributed by atoms with Crippen molar-refractivity contribution in [2.75, 3.05) is 5.32 Å². The molecule has 0 heterocycles. The van der Waals surface area contributed by atoms with E-state index in [1.54, 1.807) is 0 Å². The van der Waals surface area contributed by atoms with E-state index in [1.807, 2.05) is 0 Å². The second-order valence-electron chi connectivity index (χ2n) is 13.7. The summed E-state index contributed by atoms with van der Waals surface area (Å²) in [6.07, 6.45) is 4.92. The molecule has 0 aromatic heterocycles. The van der Waals surface area contributed by atoms with Gasteiger partial charge in [0.05, 0.1) is 0 Å². The highest BCUT2D eigenvalue weighted by atomic mass is 14.9. The second kappa shape index (κ2) is 7.99. The van der Waals surface area contributed by atoms with Crippen LogP contribution in [0.2, 0.25) is 0 Å². The molecule has 3 aromatic rings. The molecule has 0 spiro atoms. The number of anilines is 2. The van der Waals surface area contributed by atoms with Gasteiger partial charge in [0.1, 0.15) is 0 Å². The standard InChI is InChI=1S/C34H43N/c1-31(2)18-19-33(5,6)27-22-23(16-17-25(27)31)24-12-9-10-14-28(24)35-29-15-11-13-26-30(29)34(7,8)21-20-32(26,3)4/h9-17,22,35H,18-21H2,1-8H3. The number of hydrogen-bond acceptors (Lipinski definition) is 1. The number of hydrogen-bond donors (Lipinski definition) is 1. The van der Waals surface area contributed by atoms with E-state index in [4.69, 9.17) is 0 Å². The van der Waals surface area contributed by atoms with Gasteiger partial charge in [0.2, 0.25) is 0 Å². The Hall–Kier alpha value is -2.54. The average Bonchev–Trinajstić information content (AvgIpc) is 2.80. The van der Waals surface area contributed by atoms with Crippen LogP contribution >= 0.6 is 0 Å². The van der Waals surface area contributed by atoms with E-state index in [1.165, 1.54) is 70.4 Å². The summed E-state index contributed by atoms with van der Waals surface area (Å²) in [5, 5.41) is 3.91. The molecule has 0 amide bonds. The number of benzene rings is 3. The molecule has 0 unspecified atom stereocenters. The predicted octanol–water partition coefficient (Wildman–Crippen LogP) is 9.80. The Morgan fingerprint density at radius 3 is 1.80 bits per heavy atom. The molecular formula is C34H43N. The van der Waals surface area contributed by atoms with E-state index in [2.05, 4.69) is 121 Å². The van der Waals surface area contributed by atoms with Gasteiger partial charge in [0.15, 0.2) is 0 Å². The lowest BCUT2D eigenvalue weighted by molar-refractivity contribution is 0.332. The summed E-state index contributed by atoms with van der Waals surface area (Å²) >= 11 is 0. The minimum absolute atomic E-state index is 0.158. The van der Waals surface area contributed by atoms with Gasteiger partial charge >= 0.3 is 0 Å². The highest BCUT2D eigenvalue weighted by Crippen LogP contribution is 2.50. The topological polar surface area (TPSA) is 12.0 Å². The zero-order valence-corrected chi connectivity index (χ0v) is 23.1. The first kappa shape index (κ1) is 24.2. The lowest BCUT2D eigenvalue weighted by Crippen LogP contribution is -2.34. The fraction of sp³-hybridized carbons (Fsp3) is 0.471. The van der Waals surface area contributed by atoms with Crippen LogP contribution in [0.15, 0.2) is 60.7 Å². The van der Waals surface area contributed by atoms with Gasteiger partial charge < -0.3 is 5.32 Å². The van der Waals surface area contributed by atoms with Crippen molar-refractivity contribution in [3.63, 3.8) is 0 Å². The minimum Gasteiger partial charge on any atom is -0.355 e. The quantitative estimate of drug-likeness (QED) is 0.406. The number of nitrogens with one attached hydrogen (secondary N) is 1. The van der Waals surface area contributed by atoms with Crippen LogP contribution in [-0.2, 0) is 21.7 Å². The average molecular weight is 466 g/mol. The molecule has 0 saturated heterocycles. The van der Waals surface area contributed by atoms with Crippen molar-refractivity contribution < 1.29 is 0 Å². The van der Waals surface area contributed by atoms with Gasteiger partial charge in [-0.1, -0.05) is 104 Å². The number of para-hydroxylation sites is 1. The molecule has 2 aliphatic carbocycles. The molecule has 184 valence electrons. The van der Waals surface area contributed by atoms with Gasteiger partial charge in [-0.25, -0.2) is 0 Å². The lowest BCUT2D eigenvalue weighted by atomic mass is 9.62. The van der Waals surface area contributed by atoms with Crippen molar-refractivity contribution in [2.45, 2.75) is 103 Å². The summed E-state index contributed by atoms with van der Waals surface area (Å²) in [6, 6.07) is 22.9. The van der Waals surface area contributed by atoms with Crippen molar-refractivity contribution in [1.29, 1.82) is 0 Å². The van der Waals surface area contributed by atoms with Gasteiger partial charge in [-0.2, -0.15) is 0 Å². The normalized spacial score (nSPS) is 21.0.